The SMILES string of the molecule is CCC(O)CC=C(C)C. The topological polar surface area (TPSA) is 20.2 Å². The number of rotatable bonds is 3. The lowest BCUT2D eigenvalue weighted by molar-refractivity contribution is 0.173. The maximum Gasteiger partial charge on any atom is 0.0572 e. The van der Waals surface area contributed by atoms with Crippen molar-refractivity contribution in [3.8, 4) is 0 Å². The summed E-state index contributed by atoms with van der Waals surface area (Å²) in [6.07, 6.45) is 3.58. The molecule has 0 radical (unpaired) electrons. The van der Waals surface area contributed by atoms with Gasteiger partial charge < -0.3 is 5.11 Å². The molecule has 9 heavy (non-hydrogen) atoms. The van der Waals surface area contributed by atoms with Crippen LogP contribution < -0.4 is 0 Å². The molecule has 0 aromatic carbocycles. The molecule has 1 N–H and O–H groups in total. The normalized spacial score (nSPS) is 12.9. The summed E-state index contributed by atoms with van der Waals surface area (Å²) in [5.41, 5.74) is 1.28. The minimum absolute atomic E-state index is 0.139. The van der Waals surface area contributed by atoms with Gasteiger partial charge in [-0.25, -0.2) is 0 Å². The molecule has 0 saturated carbocycles. The molecule has 0 rings (SSSR count). The van der Waals surface area contributed by atoms with Crippen LogP contribution in [-0.2, 0) is 0 Å². The average Bonchev–Trinajstić information content (AvgIpc) is 1.83. The third-order valence-corrected chi connectivity index (χ3v) is 1.27. The van der Waals surface area contributed by atoms with Crippen LogP contribution in [0.3, 0.4) is 0 Å². The smallest absolute Gasteiger partial charge is 0.0572 e. The molecule has 0 aromatic heterocycles. The van der Waals surface area contributed by atoms with Crippen LogP contribution >= 0.6 is 0 Å². The van der Waals surface area contributed by atoms with Crippen molar-refractivity contribution in [1.82, 2.24) is 0 Å². The first-order valence-electron chi connectivity index (χ1n) is 3.48. The molecule has 0 saturated heterocycles. The van der Waals surface area contributed by atoms with E-state index in [1.807, 2.05) is 20.8 Å². The van der Waals surface area contributed by atoms with Gasteiger partial charge in [0, 0.05) is 0 Å². The molecular formula is C8H16O. The fourth-order valence-electron chi connectivity index (χ4n) is 0.538. The van der Waals surface area contributed by atoms with E-state index in [0.29, 0.717) is 0 Å². The Kier molecular flexibility index (Phi) is 4.41. The number of aliphatic hydroxyl groups excluding tert-OH is 1. The molecular weight excluding hydrogens is 112 g/mol. The van der Waals surface area contributed by atoms with E-state index < -0.39 is 0 Å². The molecule has 1 unspecified atom stereocenters. The van der Waals surface area contributed by atoms with Gasteiger partial charge >= 0.3 is 0 Å². The van der Waals surface area contributed by atoms with Gasteiger partial charge in [0.25, 0.3) is 0 Å². The Hall–Kier alpha value is -0.300. The maximum atomic E-state index is 9.06. The van der Waals surface area contributed by atoms with Crippen molar-refractivity contribution in [2.24, 2.45) is 0 Å². The van der Waals surface area contributed by atoms with Gasteiger partial charge in [-0.2, -0.15) is 0 Å². The third-order valence-electron chi connectivity index (χ3n) is 1.27. The van der Waals surface area contributed by atoms with Gasteiger partial charge in [-0.05, 0) is 26.7 Å². The van der Waals surface area contributed by atoms with E-state index in [2.05, 4.69) is 6.08 Å². The second-order valence-electron chi connectivity index (χ2n) is 2.58. The van der Waals surface area contributed by atoms with Crippen LogP contribution in [0.5, 0.6) is 0 Å². The Morgan fingerprint density at radius 3 is 2.44 bits per heavy atom. The van der Waals surface area contributed by atoms with E-state index in [9.17, 15) is 0 Å². The second kappa shape index (κ2) is 4.57. The van der Waals surface area contributed by atoms with Crippen LogP contribution in [0.25, 0.3) is 0 Å². The quantitative estimate of drug-likeness (QED) is 0.577. The van der Waals surface area contributed by atoms with Crippen molar-refractivity contribution < 1.29 is 5.11 Å². The molecule has 0 aliphatic carbocycles. The molecule has 1 heteroatoms. The summed E-state index contributed by atoms with van der Waals surface area (Å²) in [4.78, 5) is 0. The Morgan fingerprint density at radius 1 is 1.56 bits per heavy atom. The molecule has 0 amide bonds. The molecule has 0 aliphatic rings. The summed E-state index contributed by atoms with van der Waals surface area (Å²) >= 11 is 0. The van der Waals surface area contributed by atoms with Crippen LogP contribution in [0.4, 0.5) is 0 Å². The number of hydrogen-bond acceptors (Lipinski definition) is 1. The minimum Gasteiger partial charge on any atom is -0.393 e. The predicted octanol–water partition coefficient (Wildman–Crippen LogP) is 2.11. The number of aliphatic hydroxyl groups is 1. The first-order valence-corrected chi connectivity index (χ1v) is 3.48. The summed E-state index contributed by atoms with van der Waals surface area (Å²) in [6, 6.07) is 0. The van der Waals surface area contributed by atoms with Gasteiger partial charge in [-0.1, -0.05) is 18.6 Å². The van der Waals surface area contributed by atoms with E-state index in [-0.39, 0.29) is 6.10 Å². The van der Waals surface area contributed by atoms with E-state index in [0.717, 1.165) is 12.8 Å². The summed E-state index contributed by atoms with van der Waals surface area (Å²) in [5.74, 6) is 0. The van der Waals surface area contributed by atoms with Gasteiger partial charge in [0.05, 0.1) is 6.10 Å². The zero-order chi connectivity index (χ0) is 7.28. The number of allylic oxidation sites excluding steroid dienone is 1. The molecule has 1 nitrogen and oxygen atoms in total. The molecule has 0 fully saturated rings. The largest absolute Gasteiger partial charge is 0.393 e. The second-order valence-corrected chi connectivity index (χ2v) is 2.58. The van der Waals surface area contributed by atoms with Crippen molar-refractivity contribution in [3.05, 3.63) is 11.6 Å². The summed E-state index contributed by atoms with van der Waals surface area (Å²) in [5, 5.41) is 9.06. The van der Waals surface area contributed by atoms with Crippen LogP contribution in [-0.4, -0.2) is 11.2 Å². The zero-order valence-electron chi connectivity index (χ0n) is 6.52. The average molecular weight is 128 g/mol. The van der Waals surface area contributed by atoms with Gasteiger partial charge in [0.1, 0.15) is 0 Å². The third kappa shape index (κ3) is 5.57. The number of hydrogen-bond donors (Lipinski definition) is 1. The van der Waals surface area contributed by atoms with Gasteiger partial charge in [0.15, 0.2) is 0 Å². The van der Waals surface area contributed by atoms with Crippen molar-refractivity contribution in [2.45, 2.75) is 39.7 Å². The molecule has 54 valence electrons. The highest BCUT2D eigenvalue weighted by molar-refractivity contribution is 4.93. The van der Waals surface area contributed by atoms with E-state index in [1.165, 1.54) is 5.57 Å². The fourth-order valence-corrected chi connectivity index (χ4v) is 0.538. The van der Waals surface area contributed by atoms with E-state index in [1.54, 1.807) is 0 Å². The van der Waals surface area contributed by atoms with E-state index >= 15 is 0 Å². The zero-order valence-corrected chi connectivity index (χ0v) is 6.52. The Bertz CT molecular complexity index is 90.7. The summed E-state index contributed by atoms with van der Waals surface area (Å²) < 4.78 is 0. The Balaban J connectivity index is 3.37. The summed E-state index contributed by atoms with van der Waals surface area (Å²) in [6.45, 7) is 6.08. The molecule has 1 atom stereocenters. The van der Waals surface area contributed by atoms with Crippen molar-refractivity contribution in [2.75, 3.05) is 0 Å². The van der Waals surface area contributed by atoms with Crippen molar-refractivity contribution in [3.63, 3.8) is 0 Å². The molecule has 0 aliphatic heterocycles. The minimum atomic E-state index is -0.139. The lowest BCUT2D eigenvalue weighted by atomic mass is 10.1. The summed E-state index contributed by atoms with van der Waals surface area (Å²) in [7, 11) is 0. The van der Waals surface area contributed by atoms with Gasteiger partial charge in [-0.15, -0.1) is 0 Å². The maximum absolute atomic E-state index is 9.06. The fraction of sp³-hybridized carbons (Fsp3) is 0.750. The Labute approximate surface area is 57.4 Å². The van der Waals surface area contributed by atoms with Gasteiger partial charge in [-0.3, -0.25) is 0 Å². The highest BCUT2D eigenvalue weighted by atomic mass is 16.3. The van der Waals surface area contributed by atoms with Crippen LogP contribution in [0.15, 0.2) is 11.6 Å². The first kappa shape index (κ1) is 8.70. The van der Waals surface area contributed by atoms with Crippen LogP contribution in [0, 0.1) is 0 Å². The lowest BCUT2D eigenvalue weighted by Crippen LogP contribution is -2.01. The molecule has 0 aromatic rings. The molecule has 0 bridgehead atoms. The molecule has 0 spiro atoms. The lowest BCUT2D eigenvalue weighted by Gasteiger charge is -2.01. The molecule has 0 heterocycles. The standard InChI is InChI=1S/C8H16O/c1-4-8(9)6-5-7(2)3/h5,8-9H,4,6H2,1-3H3. The highest BCUT2D eigenvalue weighted by Gasteiger charge is 1.94. The predicted molar refractivity (Wildman–Crippen MR) is 40.3 cm³/mol. The Morgan fingerprint density at radius 2 is 2.11 bits per heavy atom. The van der Waals surface area contributed by atoms with Crippen LogP contribution in [0.1, 0.15) is 33.6 Å². The van der Waals surface area contributed by atoms with Gasteiger partial charge in [0.2, 0.25) is 0 Å². The first-order chi connectivity index (χ1) is 4.16. The van der Waals surface area contributed by atoms with Crippen LogP contribution in [0.2, 0.25) is 0 Å². The highest BCUT2D eigenvalue weighted by Crippen LogP contribution is 2.00. The van der Waals surface area contributed by atoms with E-state index in [4.69, 9.17) is 5.11 Å². The van der Waals surface area contributed by atoms with Crippen molar-refractivity contribution >= 4 is 0 Å². The van der Waals surface area contributed by atoms with Crippen molar-refractivity contribution in [1.29, 1.82) is 0 Å². The monoisotopic (exact) mass is 128 g/mol.